The summed E-state index contributed by atoms with van der Waals surface area (Å²) in [4.78, 5) is -0.749. The highest BCUT2D eigenvalue weighted by atomic mass is 32.2. The van der Waals surface area contributed by atoms with Gasteiger partial charge in [-0.1, -0.05) is 13.3 Å². The van der Waals surface area contributed by atoms with Gasteiger partial charge < -0.3 is 5.11 Å². The third kappa shape index (κ3) is 2.99. The van der Waals surface area contributed by atoms with Crippen molar-refractivity contribution in [2.75, 3.05) is 0 Å². The Morgan fingerprint density at radius 1 is 1.35 bits per heavy atom. The standard InChI is InChI=1S/C13H17F2NO3S/c1-8-3-2-4-11(8)16-20(18,19)12-6-9(7-17)5-10(14)13(12)15/h5-6,8,11,16-17H,2-4,7H2,1H3. The second-order valence-corrected chi connectivity index (χ2v) is 6.87. The predicted molar refractivity (Wildman–Crippen MR) is 69.4 cm³/mol. The summed E-state index contributed by atoms with van der Waals surface area (Å²) in [6, 6.07) is 1.48. The molecule has 1 saturated carbocycles. The lowest BCUT2D eigenvalue weighted by atomic mass is 10.1. The minimum atomic E-state index is -4.14. The average molecular weight is 305 g/mol. The van der Waals surface area contributed by atoms with Crippen LogP contribution in [0.25, 0.3) is 0 Å². The van der Waals surface area contributed by atoms with Crippen molar-refractivity contribution in [1.82, 2.24) is 4.72 Å². The molecule has 20 heavy (non-hydrogen) atoms. The van der Waals surface area contributed by atoms with Gasteiger partial charge in [-0.2, -0.15) is 0 Å². The largest absolute Gasteiger partial charge is 0.392 e. The van der Waals surface area contributed by atoms with Gasteiger partial charge in [-0.25, -0.2) is 21.9 Å². The lowest BCUT2D eigenvalue weighted by molar-refractivity contribution is 0.280. The molecule has 1 aromatic carbocycles. The Balaban J connectivity index is 2.36. The molecule has 0 spiro atoms. The monoisotopic (exact) mass is 305 g/mol. The molecule has 4 nitrogen and oxygen atoms in total. The Kier molecular flexibility index (Phi) is 4.41. The minimum absolute atomic E-state index is 0.0174. The van der Waals surface area contributed by atoms with Gasteiger partial charge in [0.05, 0.1) is 6.61 Å². The number of nitrogens with one attached hydrogen (secondary N) is 1. The van der Waals surface area contributed by atoms with Crippen LogP contribution >= 0.6 is 0 Å². The van der Waals surface area contributed by atoms with Gasteiger partial charge in [-0.3, -0.25) is 0 Å². The first-order valence-corrected chi connectivity index (χ1v) is 7.94. The van der Waals surface area contributed by atoms with Gasteiger partial charge in [0.1, 0.15) is 4.90 Å². The molecule has 2 N–H and O–H groups in total. The molecule has 1 fully saturated rings. The molecular formula is C13H17F2NO3S. The Hall–Kier alpha value is -1.05. The summed E-state index contributed by atoms with van der Waals surface area (Å²) in [5.74, 6) is -2.53. The fourth-order valence-electron chi connectivity index (χ4n) is 2.49. The molecule has 0 aromatic heterocycles. The number of sulfonamides is 1. The first-order valence-electron chi connectivity index (χ1n) is 6.46. The van der Waals surface area contributed by atoms with Crippen LogP contribution in [0.4, 0.5) is 8.78 Å². The summed E-state index contributed by atoms with van der Waals surface area (Å²) in [5.41, 5.74) is 0.0174. The third-order valence-electron chi connectivity index (χ3n) is 3.69. The van der Waals surface area contributed by atoms with Crippen LogP contribution in [0.5, 0.6) is 0 Å². The molecule has 0 bridgehead atoms. The van der Waals surface area contributed by atoms with E-state index >= 15 is 0 Å². The van der Waals surface area contributed by atoms with Crippen molar-refractivity contribution in [1.29, 1.82) is 0 Å². The maximum absolute atomic E-state index is 13.7. The highest BCUT2D eigenvalue weighted by Gasteiger charge is 2.30. The molecular weight excluding hydrogens is 288 g/mol. The highest BCUT2D eigenvalue weighted by Crippen LogP contribution is 2.27. The molecule has 7 heteroatoms. The summed E-state index contributed by atoms with van der Waals surface area (Å²) >= 11 is 0. The number of hydrogen-bond donors (Lipinski definition) is 2. The van der Waals surface area contributed by atoms with E-state index in [2.05, 4.69) is 4.72 Å². The molecule has 0 amide bonds. The maximum Gasteiger partial charge on any atom is 0.243 e. The van der Waals surface area contributed by atoms with Gasteiger partial charge in [0.25, 0.3) is 0 Å². The summed E-state index contributed by atoms with van der Waals surface area (Å²) in [6.07, 6.45) is 2.49. The molecule has 1 aliphatic carbocycles. The third-order valence-corrected chi connectivity index (χ3v) is 5.18. The maximum atomic E-state index is 13.7. The van der Waals surface area contributed by atoms with Crippen molar-refractivity contribution < 1.29 is 22.3 Å². The second-order valence-electron chi connectivity index (χ2n) is 5.18. The molecule has 1 aliphatic rings. The molecule has 0 saturated heterocycles. The number of hydrogen-bond acceptors (Lipinski definition) is 3. The van der Waals surface area contributed by atoms with Gasteiger partial charge in [0.15, 0.2) is 11.6 Å². The van der Waals surface area contributed by atoms with Crippen molar-refractivity contribution in [2.45, 2.75) is 43.7 Å². The predicted octanol–water partition coefficient (Wildman–Crippen LogP) is 1.92. The molecule has 2 atom stereocenters. The van der Waals surface area contributed by atoms with Gasteiger partial charge in [-0.15, -0.1) is 0 Å². The van der Waals surface area contributed by atoms with Gasteiger partial charge in [0, 0.05) is 6.04 Å². The van der Waals surface area contributed by atoms with Crippen molar-refractivity contribution in [2.24, 2.45) is 5.92 Å². The van der Waals surface area contributed by atoms with E-state index in [1.807, 2.05) is 6.92 Å². The van der Waals surface area contributed by atoms with Crippen LogP contribution in [0, 0.1) is 17.6 Å². The van der Waals surface area contributed by atoms with E-state index in [9.17, 15) is 17.2 Å². The lowest BCUT2D eigenvalue weighted by Gasteiger charge is -2.18. The zero-order chi connectivity index (χ0) is 14.9. The van der Waals surface area contributed by atoms with E-state index < -0.39 is 33.2 Å². The van der Waals surface area contributed by atoms with Crippen molar-refractivity contribution in [3.63, 3.8) is 0 Å². The van der Waals surface area contributed by atoms with Crippen LogP contribution in [0.1, 0.15) is 31.7 Å². The molecule has 0 heterocycles. The zero-order valence-corrected chi connectivity index (χ0v) is 11.9. The Bertz CT molecular complexity index is 604. The molecule has 2 rings (SSSR count). The number of benzene rings is 1. The van der Waals surface area contributed by atoms with Crippen LogP contribution in [-0.2, 0) is 16.6 Å². The molecule has 0 radical (unpaired) electrons. The summed E-state index contributed by atoms with van der Waals surface area (Å²) in [6.45, 7) is 1.36. The van der Waals surface area contributed by atoms with E-state index in [1.54, 1.807) is 0 Å². The van der Waals surface area contributed by atoms with E-state index in [0.717, 1.165) is 25.0 Å². The van der Waals surface area contributed by atoms with Crippen molar-refractivity contribution in [3.8, 4) is 0 Å². The molecule has 2 unspecified atom stereocenters. The number of aliphatic hydroxyl groups excluding tert-OH is 1. The summed E-state index contributed by atoms with van der Waals surface area (Å²) in [5, 5.41) is 8.97. The minimum Gasteiger partial charge on any atom is -0.392 e. The van der Waals surface area contributed by atoms with Crippen molar-refractivity contribution >= 4 is 10.0 Å². The van der Waals surface area contributed by atoms with E-state index in [1.165, 1.54) is 0 Å². The van der Waals surface area contributed by atoms with Gasteiger partial charge in [0.2, 0.25) is 10.0 Å². The van der Waals surface area contributed by atoms with Crippen LogP contribution in [0.15, 0.2) is 17.0 Å². The first-order chi connectivity index (χ1) is 9.35. The highest BCUT2D eigenvalue weighted by molar-refractivity contribution is 7.89. The van der Waals surface area contributed by atoms with Crippen LogP contribution < -0.4 is 4.72 Å². The second kappa shape index (κ2) is 5.75. The normalized spacial score (nSPS) is 23.2. The number of rotatable bonds is 4. The zero-order valence-electron chi connectivity index (χ0n) is 11.1. The van der Waals surface area contributed by atoms with Gasteiger partial charge in [-0.05, 0) is 36.5 Å². The van der Waals surface area contributed by atoms with Crippen molar-refractivity contribution in [3.05, 3.63) is 29.3 Å². The SMILES string of the molecule is CC1CCCC1NS(=O)(=O)c1cc(CO)cc(F)c1F. The smallest absolute Gasteiger partial charge is 0.243 e. The molecule has 1 aromatic rings. The topological polar surface area (TPSA) is 66.4 Å². The quantitative estimate of drug-likeness (QED) is 0.893. The average Bonchev–Trinajstić information content (AvgIpc) is 2.77. The summed E-state index contributed by atoms with van der Waals surface area (Å²) in [7, 11) is -4.14. The lowest BCUT2D eigenvalue weighted by Crippen LogP contribution is -2.37. The Morgan fingerprint density at radius 2 is 2.05 bits per heavy atom. The summed E-state index contributed by atoms with van der Waals surface area (Å²) < 4.78 is 53.9. The van der Waals surface area contributed by atoms with Crippen LogP contribution in [-0.4, -0.2) is 19.6 Å². The fourth-order valence-corrected chi connectivity index (χ4v) is 4.00. The van der Waals surface area contributed by atoms with Crippen LogP contribution in [0.3, 0.4) is 0 Å². The fraction of sp³-hybridized carbons (Fsp3) is 0.538. The first kappa shape index (κ1) is 15.3. The number of halogens is 2. The Labute approximate surface area is 116 Å². The van der Waals surface area contributed by atoms with E-state index in [4.69, 9.17) is 5.11 Å². The van der Waals surface area contributed by atoms with E-state index in [0.29, 0.717) is 6.42 Å². The van der Waals surface area contributed by atoms with E-state index in [-0.39, 0.29) is 17.5 Å². The number of aliphatic hydroxyl groups is 1. The Morgan fingerprint density at radius 3 is 2.60 bits per heavy atom. The molecule has 112 valence electrons. The van der Waals surface area contributed by atoms with Gasteiger partial charge >= 0.3 is 0 Å². The van der Waals surface area contributed by atoms with Crippen LogP contribution in [0.2, 0.25) is 0 Å². The molecule has 0 aliphatic heterocycles.